The Kier molecular flexibility index (Phi) is 58.9. The molecule has 0 aromatic rings. The van der Waals surface area contributed by atoms with Crippen molar-refractivity contribution in [1.29, 1.82) is 0 Å². The molecule has 9 nitrogen and oxygen atoms in total. The predicted octanol–water partition coefficient (Wildman–Crippen LogP) is 21.1. The summed E-state index contributed by atoms with van der Waals surface area (Å²) in [5, 5.41) is 0. The Morgan fingerprint density at radius 2 is 0.654 bits per heavy atom. The number of nitrogens with zero attached hydrogens (tertiary/aromatic N) is 1. The third-order valence-corrected chi connectivity index (χ3v) is 16.4. The fourth-order valence-electron chi connectivity index (χ4n) is 10.2. The molecule has 0 saturated carbocycles. The van der Waals surface area contributed by atoms with Crippen LogP contribution in [0.25, 0.3) is 0 Å². The van der Waals surface area contributed by atoms with Crippen LogP contribution in [-0.4, -0.2) is 70.0 Å². The van der Waals surface area contributed by atoms with Gasteiger partial charge in [-0.15, -0.1) is 0 Å². The van der Waals surface area contributed by atoms with Gasteiger partial charge in [0.05, 0.1) is 27.7 Å². The number of esters is 2. The monoisotopic (exact) mass is 1120 g/mol. The summed E-state index contributed by atoms with van der Waals surface area (Å²) in [5.41, 5.74) is 0. The molecule has 0 spiro atoms. The molecule has 0 aliphatic carbocycles. The lowest BCUT2D eigenvalue weighted by atomic mass is 10.0. The summed E-state index contributed by atoms with van der Waals surface area (Å²) in [5.74, 6) is -0.815. The standard InChI is InChI=1S/C68H132NO8P/c1-6-8-10-12-14-16-18-20-22-24-26-28-29-30-31-32-33-34-35-36-37-38-39-41-43-45-47-49-51-53-55-57-59-61-68(71)77-66(65-76-78(72,73)75-63-62-69(3,4)5)64-74-67(70)60-58-56-54-52-50-48-46-44-42-40-27-25-23-21-19-17-15-13-11-9-7-2/h24-27,66H,6-23,28-65H2,1-5H3/b26-24-,27-25-. The third-order valence-electron chi connectivity index (χ3n) is 15.4. The number of allylic oxidation sites excluding steroid dienone is 4. The summed E-state index contributed by atoms with van der Waals surface area (Å²) < 4.78 is 34.3. The number of hydrogen-bond acceptors (Lipinski definition) is 8. The first-order valence-electron chi connectivity index (χ1n) is 34.0. The molecule has 2 unspecified atom stereocenters. The highest BCUT2D eigenvalue weighted by Crippen LogP contribution is 2.38. The van der Waals surface area contributed by atoms with E-state index in [0.29, 0.717) is 17.4 Å². The Morgan fingerprint density at radius 3 is 0.949 bits per heavy atom. The van der Waals surface area contributed by atoms with E-state index in [1.807, 2.05) is 21.1 Å². The minimum atomic E-state index is -4.64. The van der Waals surface area contributed by atoms with Crippen LogP contribution in [0.2, 0.25) is 0 Å². The van der Waals surface area contributed by atoms with E-state index in [2.05, 4.69) is 38.2 Å². The molecule has 0 radical (unpaired) electrons. The highest BCUT2D eigenvalue weighted by molar-refractivity contribution is 7.45. The second-order valence-electron chi connectivity index (χ2n) is 24.5. The highest BCUT2D eigenvalue weighted by Gasteiger charge is 2.22. The molecule has 0 amide bonds. The number of hydrogen-bond donors (Lipinski definition) is 0. The molecule has 2 atom stereocenters. The molecular weight excluding hydrogens is 990 g/mol. The van der Waals surface area contributed by atoms with Gasteiger partial charge in [-0.2, -0.15) is 0 Å². The first-order valence-corrected chi connectivity index (χ1v) is 35.5. The van der Waals surface area contributed by atoms with E-state index < -0.39 is 26.5 Å². The number of likely N-dealkylation sites (N-methyl/N-ethyl adjacent to an activating group) is 1. The molecular formula is C68H132NO8P. The molecule has 0 aromatic carbocycles. The smallest absolute Gasteiger partial charge is 0.306 e. The molecule has 0 bridgehead atoms. The van der Waals surface area contributed by atoms with Crippen LogP contribution in [0, 0.1) is 0 Å². The van der Waals surface area contributed by atoms with Crippen LogP contribution < -0.4 is 4.89 Å². The van der Waals surface area contributed by atoms with E-state index in [-0.39, 0.29) is 32.0 Å². The molecule has 0 rings (SSSR count). The largest absolute Gasteiger partial charge is 0.756 e. The van der Waals surface area contributed by atoms with Gasteiger partial charge in [0.2, 0.25) is 0 Å². The molecule has 0 fully saturated rings. The molecule has 0 N–H and O–H groups in total. The van der Waals surface area contributed by atoms with Crippen molar-refractivity contribution in [3.05, 3.63) is 24.3 Å². The normalized spacial score (nSPS) is 13.3. The second-order valence-corrected chi connectivity index (χ2v) is 25.9. The van der Waals surface area contributed by atoms with Gasteiger partial charge in [0.15, 0.2) is 6.10 Å². The lowest BCUT2D eigenvalue weighted by Crippen LogP contribution is -2.37. The Bertz CT molecular complexity index is 1370. The average molecular weight is 1120 g/mol. The van der Waals surface area contributed by atoms with Crippen LogP contribution >= 0.6 is 7.82 Å². The zero-order valence-corrected chi connectivity index (χ0v) is 53.5. The number of phosphoric acid groups is 1. The van der Waals surface area contributed by atoms with Gasteiger partial charge >= 0.3 is 11.9 Å². The molecule has 0 heterocycles. The van der Waals surface area contributed by atoms with Gasteiger partial charge in [0.1, 0.15) is 19.8 Å². The molecule has 0 aliphatic rings. The van der Waals surface area contributed by atoms with Gasteiger partial charge < -0.3 is 27.9 Å². The number of phosphoric ester groups is 1. The Morgan fingerprint density at radius 1 is 0.385 bits per heavy atom. The van der Waals surface area contributed by atoms with Crippen LogP contribution in [0.1, 0.15) is 348 Å². The van der Waals surface area contributed by atoms with Gasteiger partial charge in [0.25, 0.3) is 7.82 Å². The summed E-state index contributed by atoms with van der Waals surface area (Å²) in [6, 6.07) is 0. The van der Waals surface area contributed by atoms with Crippen molar-refractivity contribution in [2.45, 2.75) is 354 Å². The van der Waals surface area contributed by atoms with Crippen molar-refractivity contribution in [1.82, 2.24) is 0 Å². The van der Waals surface area contributed by atoms with Crippen molar-refractivity contribution in [2.24, 2.45) is 0 Å². The molecule has 0 aliphatic heterocycles. The van der Waals surface area contributed by atoms with Crippen molar-refractivity contribution in [3.63, 3.8) is 0 Å². The lowest BCUT2D eigenvalue weighted by molar-refractivity contribution is -0.870. The number of carbonyl (C=O) groups excluding carboxylic acids is 2. The quantitative estimate of drug-likeness (QED) is 0.0195. The molecule has 462 valence electrons. The maximum Gasteiger partial charge on any atom is 0.306 e. The molecule has 0 aromatic heterocycles. The number of ether oxygens (including phenoxy) is 2. The van der Waals surface area contributed by atoms with Crippen LogP contribution in [0.15, 0.2) is 24.3 Å². The van der Waals surface area contributed by atoms with Gasteiger partial charge in [-0.1, -0.05) is 295 Å². The minimum Gasteiger partial charge on any atom is -0.756 e. The molecule has 78 heavy (non-hydrogen) atoms. The molecule has 0 saturated heterocycles. The summed E-state index contributed by atoms with van der Waals surface area (Å²) in [7, 11) is 1.18. The van der Waals surface area contributed by atoms with E-state index in [9.17, 15) is 19.0 Å². The molecule has 10 heteroatoms. The number of quaternary nitrogens is 1. The Balaban J connectivity index is 3.99. The zero-order valence-electron chi connectivity index (χ0n) is 52.6. The van der Waals surface area contributed by atoms with Crippen LogP contribution in [-0.2, 0) is 32.7 Å². The first-order chi connectivity index (χ1) is 38.0. The van der Waals surface area contributed by atoms with E-state index in [1.54, 1.807) is 0 Å². The number of rotatable bonds is 64. The highest BCUT2D eigenvalue weighted by atomic mass is 31.2. The topological polar surface area (TPSA) is 111 Å². The first kappa shape index (κ1) is 76.5. The summed E-state index contributed by atoms with van der Waals surface area (Å²) in [4.78, 5) is 38.0. The van der Waals surface area contributed by atoms with E-state index in [4.69, 9.17) is 18.5 Å². The van der Waals surface area contributed by atoms with E-state index in [0.717, 1.165) is 32.1 Å². The van der Waals surface area contributed by atoms with Crippen LogP contribution in [0.4, 0.5) is 0 Å². The predicted molar refractivity (Wildman–Crippen MR) is 333 cm³/mol. The van der Waals surface area contributed by atoms with Gasteiger partial charge in [-0.25, -0.2) is 0 Å². The SMILES string of the molecule is CCCCCCCCCC/C=C\CCCCCCCCCCCCCCCCCCCCCCCC(=O)OC(COC(=O)CCCCCCCCCCC/C=C\CCCCCCCCCC)COP(=O)([O-])OCC[N+](C)(C)C. The van der Waals surface area contributed by atoms with Gasteiger partial charge in [-0.3, -0.25) is 14.2 Å². The van der Waals surface area contributed by atoms with Crippen molar-refractivity contribution >= 4 is 19.8 Å². The Labute approximate surface area is 485 Å². The van der Waals surface area contributed by atoms with Crippen LogP contribution in [0.3, 0.4) is 0 Å². The Hall–Kier alpha value is -1.51. The summed E-state index contributed by atoms with van der Waals surface area (Å²) in [6.45, 7) is 4.30. The van der Waals surface area contributed by atoms with Gasteiger partial charge in [-0.05, 0) is 64.2 Å². The second kappa shape index (κ2) is 60.1. The van der Waals surface area contributed by atoms with E-state index in [1.165, 1.54) is 283 Å². The van der Waals surface area contributed by atoms with Crippen molar-refractivity contribution in [3.8, 4) is 0 Å². The summed E-state index contributed by atoms with van der Waals surface area (Å²) in [6.07, 6.45) is 74.0. The minimum absolute atomic E-state index is 0.0280. The maximum atomic E-state index is 12.8. The van der Waals surface area contributed by atoms with Crippen molar-refractivity contribution in [2.75, 3.05) is 47.5 Å². The fraction of sp³-hybridized carbons (Fsp3) is 0.912. The number of carbonyl (C=O) groups is 2. The fourth-order valence-corrected chi connectivity index (χ4v) is 10.9. The van der Waals surface area contributed by atoms with E-state index >= 15 is 0 Å². The average Bonchev–Trinajstić information content (AvgIpc) is 3.41. The summed E-state index contributed by atoms with van der Waals surface area (Å²) >= 11 is 0. The lowest BCUT2D eigenvalue weighted by Gasteiger charge is -2.28. The van der Waals surface area contributed by atoms with Gasteiger partial charge in [0, 0.05) is 12.8 Å². The van der Waals surface area contributed by atoms with Crippen LogP contribution in [0.5, 0.6) is 0 Å². The number of unbranched alkanes of at least 4 members (excludes halogenated alkanes) is 46. The zero-order chi connectivity index (χ0) is 57.0. The van der Waals surface area contributed by atoms with Crippen molar-refractivity contribution < 1.29 is 42.1 Å². The third kappa shape index (κ3) is 63.7. The maximum absolute atomic E-state index is 12.8.